The molecule has 0 spiro atoms. The molecule has 0 unspecified atom stereocenters. The van der Waals surface area contributed by atoms with E-state index in [0.717, 1.165) is 18.6 Å². The third-order valence-electron chi connectivity index (χ3n) is 0.788. The molecule has 1 aliphatic heterocycles. The number of rotatable bonds is 0. The maximum Gasteiger partial charge on any atom is 0.188 e. The van der Waals surface area contributed by atoms with Crippen LogP contribution < -0.4 is 0 Å². The number of carbonyl (C=O) groups is 1. The molecule has 0 radical (unpaired) electrons. The van der Waals surface area contributed by atoms with E-state index >= 15 is 0 Å². The van der Waals surface area contributed by atoms with Gasteiger partial charge in [-0.3, -0.25) is 4.79 Å². The fraction of sp³-hybridized carbons (Fsp3) is 0.889. The summed E-state index contributed by atoms with van der Waals surface area (Å²) >= 11 is 1.46. The molecule has 1 heterocycles. The van der Waals surface area contributed by atoms with Gasteiger partial charge in [0, 0.05) is 12.2 Å². The lowest BCUT2D eigenvalue weighted by atomic mass is 10.4. The molecule has 2 heteroatoms. The van der Waals surface area contributed by atoms with Crippen molar-refractivity contribution in [3.05, 3.63) is 0 Å². The van der Waals surface area contributed by atoms with Crippen LogP contribution in [0.2, 0.25) is 0 Å². The molecular formula is C9H20OS. The Morgan fingerprint density at radius 1 is 1.36 bits per heavy atom. The van der Waals surface area contributed by atoms with Crippen LogP contribution in [0.4, 0.5) is 0 Å². The lowest BCUT2D eigenvalue weighted by Crippen LogP contribution is -1.75. The Hall–Kier alpha value is 0.0200. The fourth-order valence-electron chi connectivity index (χ4n) is 0.475. The molecule has 68 valence electrons. The van der Waals surface area contributed by atoms with E-state index in [0.29, 0.717) is 5.12 Å². The largest absolute Gasteiger partial charge is 0.287 e. The smallest absolute Gasteiger partial charge is 0.188 e. The summed E-state index contributed by atoms with van der Waals surface area (Å²) in [6, 6.07) is 0. The predicted molar refractivity (Wildman–Crippen MR) is 54.0 cm³/mol. The van der Waals surface area contributed by atoms with E-state index in [1.54, 1.807) is 0 Å². The molecule has 0 aromatic rings. The zero-order valence-electron chi connectivity index (χ0n) is 8.14. The summed E-state index contributed by atoms with van der Waals surface area (Å²) in [6.07, 6.45) is 3.16. The minimum absolute atomic E-state index is 0.370. The van der Waals surface area contributed by atoms with Gasteiger partial charge in [-0.1, -0.05) is 45.9 Å². The van der Waals surface area contributed by atoms with E-state index in [1.807, 2.05) is 13.8 Å². The van der Waals surface area contributed by atoms with Crippen molar-refractivity contribution in [3.8, 4) is 0 Å². The fourth-order valence-corrected chi connectivity index (χ4v) is 1.28. The molecule has 1 saturated heterocycles. The minimum Gasteiger partial charge on any atom is -0.287 e. The summed E-state index contributed by atoms with van der Waals surface area (Å²) in [5, 5.41) is 0.370. The van der Waals surface area contributed by atoms with Crippen LogP contribution in [0.1, 0.15) is 47.0 Å². The molecule has 0 N–H and O–H groups in total. The molecule has 0 bridgehead atoms. The van der Waals surface area contributed by atoms with Crippen molar-refractivity contribution in [2.75, 3.05) is 5.75 Å². The van der Waals surface area contributed by atoms with E-state index in [-0.39, 0.29) is 0 Å². The molecular weight excluding hydrogens is 156 g/mol. The normalized spacial score (nSPS) is 14.4. The van der Waals surface area contributed by atoms with Crippen LogP contribution in [0, 0.1) is 0 Å². The van der Waals surface area contributed by atoms with Crippen LogP contribution in [-0.2, 0) is 4.79 Å². The monoisotopic (exact) mass is 176 g/mol. The molecule has 1 aliphatic rings. The highest BCUT2D eigenvalue weighted by molar-refractivity contribution is 8.14. The Labute approximate surface area is 74.9 Å². The lowest BCUT2D eigenvalue weighted by Gasteiger charge is -1.71. The molecule has 0 atom stereocenters. The molecule has 11 heavy (non-hydrogen) atoms. The van der Waals surface area contributed by atoms with Gasteiger partial charge in [0.1, 0.15) is 0 Å². The third kappa shape index (κ3) is 13.1. The SMILES string of the molecule is CC.CCC.O=C1CCCS1. The number of carbonyl (C=O) groups excluding carboxylic acids is 1. The predicted octanol–water partition coefficient (Wildman–Crippen LogP) is 3.48. The number of hydrogen-bond acceptors (Lipinski definition) is 2. The van der Waals surface area contributed by atoms with Crippen LogP contribution in [0.5, 0.6) is 0 Å². The maximum absolute atomic E-state index is 10.2. The van der Waals surface area contributed by atoms with Gasteiger partial charge < -0.3 is 0 Å². The van der Waals surface area contributed by atoms with E-state index in [2.05, 4.69) is 13.8 Å². The topological polar surface area (TPSA) is 17.1 Å². The molecule has 0 aromatic carbocycles. The molecule has 1 nitrogen and oxygen atoms in total. The van der Waals surface area contributed by atoms with Crippen LogP contribution in [-0.4, -0.2) is 10.9 Å². The summed E-state index contributed by atoms with van der Waals surface area (Å²) in [5.41, 5.74) is 0. The summed E-state index contributed by atoms with van der Waals surface area (Å²) < 4.78 is 0. The van der Waals surface area contributed by atoms with Gasteiger partial charge >= 0.3 is 0 Å². The van der Waals surface area contributed by atoms with Gasteiger partial charge in [-0.25, -0.2) is 0 Å². The average molecular weight is 176 g/mol. The van der Waals surface area contributed by atoms with Crippen LogP contribution in [0.15, 0.2) is 0 Å². The van der Waals surface area contributed by atoms with Crippen LogP contribution in [0.25, 0.3) is 0 Å². The number of hydrogen-bond donors (Lipinski definition) is 0. The molecule has 0 aromatic heterocycles. The Morgan fingerprint density at radius 2 is 1.82 bits per heavy atom. The third-order valence-corrected chi connectivity index (χ3v) is 1.81. The molecule has 1 rings (SSSR count). The Morgan fingerprint density at radius 3 is 1.91 bits per heavy atom. The van der Waals surface area contributed by atoms with Crippen molar-refractivity contribution in [3.63, 3.8) is 0 Å². The zero-order valence-corrected chi connectivity index (χ0v) is 8.96. The van der Waals surface area contributed by atoms with Gasteiger partial charge in [0.15, 0.2) is 5.12 Å². The molecule has 0 aliphatic carbocycles. The molecule has 0 saturated carbocycles. The van der Waals surface area contributed by atoms with Crippen molar-refractivity contribution in [1.29, 1.82) is 0 Å². The van der Waals surface area contributed by atoms with Crippen molar-refractivity contribution < 1.29 is 4.79 Å². The standard InChI is InChI=1S/C4H6OS.C3H8.C2H6/c5-4-2-1-3-6-4;1-3-2;1-2/h1-3H2;3H2,1-2H3;1-2H3. The first-order valence-corrected chi connectivity index (χ1v) is 5.45. The van der Waals surface area contributed by atoms with Gasteiger partial charge in [-0.15, -0.1) is 0 Å². The van der Waals surface area contributed by atoms with E-state index in [1.165, 1.54) is 18.2 Å². The van der Waals surface area contributed by atoms with Crippen LogP contribution in [0.3, 0.4) is 0 Å². The van der Waals surface area contributed by atoms with Gasteiger partial charge in [-0.05, 0) is 6.42 Å². The quantitative estimate of drug-likeness (QED) is 0.562. The second-order valence-electron chi connectivity index (χ2n) is 2.03. The second-order valence-corrected chi connectivity index (χ2v) is 3.18. The van der Waals surface area contributed by atoms with Gasteiger partial charge in [-0.2, -0.15) is 0 Å². The van der Waals surface area contributed by atoms with E-state index in [9.17, 15) is 4.79 Å². The van der Waals surface area contributed by atoms with Crippen molar-refractivity contribution >= 4 is 16.9 Å². The zero-order chi connectivity index (χ0) is 9.11. The Kier molecular flexibility index (Phi) is 15.7. The number of thioether (sulfide) groups is 1. The van der Waals surface area contributed by atoms with E-state index in [4.69, 9.17) is 0 Å². The van der Waals surface area contributed by atoms with Crippen molar-refractivity contribution in [2.45, 2.75) is 47.0 Å². The van der Waals surface area contributed by atoms with Gasteiger partial charge in [0.05, 0.1) is 0 Å². The summed E-state index contributed by atoms with van der Waals surface area (Å²) in [6.45, 7) is 8.25. The van der Waals surface area contributed by atoms with Crippen LogP contribution >= 0.6 is 11.8 Å². The first kappa shape index (κ1) is 13.6. The molecule has 1 fully saturated rings. The first-order valence-electron chi connectivity index (χ1n) is 4.46. The Balaban J connectivity index is 0. The lowest BCUT2D eigenvalue weighted by molar-refractivity contribution is -0.110. The minimum atomic E-state index is 0.370. The van der Waals surface area contributed by atoms with Gasteiger partial charge in [0.2, 0.25) is 0 Å². The first-order chi connectivity index (χ1) is 5.31. The van der Waals surface area contributed by atoms with E-state index < -0.39 is 0 Å². The second kappa shape index (κ2) is 12.7. The maximum atomic E-state index is 10.2. The van der Waals surface area contributed by atoms with Crippen molar-refractivity contribution in [2.24, 2.45) is 0 Å². The summed E-state index contributed by atoms with van der Waals surface area (Å²) in [5.74, 6) is 1.05. The summed E-state index contributed by atoms with van der Waals surface area (Å²) in [4.78, 5) is 10.2. The summed E-state index contributed by atoms with van der Waals surface area (Å²) in [7, 11) is 0. The molecule has 0 amide bonds. The van der Waals surface area contributed by atoms with Crippen molar-refractivity contribution in [1.82, 2.24) is 0 Å². The highest BCUT2D eigenvalue weighted by atomic mass is 32.2. The highest BCUT2D eigenvalue weighted by Gasteiger charge is 2.08. The average Bonchev–Trinajstić information content (AvgIpc) is 2.46. The Bertz CT molecular complexity index is 73.6. The van der Waals surface area contributed by atoms with Gasteiger partial charge in [0.25, 0.3) is 0 Å². The highest BCUT2D eigenvalue weighted by Crippen LogP contribution is 2.17.